The largest absolute Gasteiger partial charge is 0.495 e. The van der Waals surface area contributed by atoms with Crippen molar-refractivity contribution in [2.24, 2.45) is 15.9 Å². The van der Waals surface area contributed by atoms with Gasteiger partial charge < -0.3 is 37.2 Å². The van der Waals surface area contributed by atoms with Crippen LogP contribution >= 0.6 is 0 Å². The highest BCUT2D eigenvalue weighted by Gasteiger charge is 2.39. The van der Waals surface area contributed by atoms with Crippen molar-refractivity contribution in [1.82, 2.24) is 20.9 Å². The highest BCUT2D eigenvalue weighted by Crippen LogP contribution is 2.32. The van der Waals surface area contributed by atoms with E-state index in [1.807, 2.05) is 25.1 Å². The molecule has 0 aromatic heterocycles. The molecule has 2 aromatic rings. The van der Waals surface area contributed by atoms with E-state index in [2.05, 4.69) is 31.4 Å². The van der Waals surface area contributed by atoms with Crippen molar-refractivity contribution >= 4 is 53.3 Å². The van der Waals surface area contributed by atoms with Gasteiger partial charge >= 0.3 is 0 Å². The average Bonchev–Trinajstić information content (AvgIpc) is 3.34. The van der Waals surface area contributed by atoms with Crippen molar-refractivity contribution in [2.45, 2.75) is 32.4 Å². The maximum Gasteiger partial charge on any atom is 0.255 e. The predicted octanol–water partition coefficient (Wildman–Crippen LogP) is -0.307. The van der Waals surface area contributed by atoms with Gasteiger partial charge in [0.15, 0.2) is 0 Å². The first-order chi connectivity index (χ1) is 21.2. The number of nitrogens with one attached hydrogen (secondary N) is 4. The monoisotopic (exact) mass is 607 g/mol. The number of methoxy groups -OCH3 is 1. The molecule has 0 saturated carbocycles. The van der Waals surface area contributed by atoms with Gasteiger partial charge in [-0.15, -0.1) is 0 Å². The first-order valence-electron chi connectivity index (χ1n) is 13.8. The lowest BCUT2D eigenvalue weighted by molar-refractivity contribution is -0.137. The molecule has 15 heteroatoms. The predicted molar refractivity (Wildman–Crippen MR) is 165 cm³/mol. The van der Waals surface area contributed by atoms with Crippen LogP contribution in [0.3, 0.4) is 0 Å². The SMILES string of the molecule is COc1cc(C)ccc1N.N/N=C(\C=NCCNCC(=O)Nc1cccc2c1CN(C1CCC(=O)NC1=O)C2=O)CNC=O. The van der Waals surface area contributed by atoms with Crippen molar-refractivity contribution in [1.29, 1.82) is 0 Å². The molecule has 1 fully saturated rings. The molecular formula is C29H37N9O6. The zero-order chi connectivity index (χ0) is 32.1. The van der Waals surface area contributed by atoms with Gasteiger partial charge in [-0.3, -0.25) is 34.3 Å². The van der Waals surface area contributed by atoms with Crippen molar-refractivity contribution in [2.75, 3.05) is 44.3 Å². The highest BCUT2D eigenvalue weighted by molar-refractivity contribution is 6.31. The summed E-state index contributed by atoms with van der Waals surface area (Å²) in [4.78, 5) is 64.7. The molecule has 0 radical (unpaired) electrons. The molecule has 0 aliphatic carbocycles. The molecule has 2 aromatic carbocycles. The summed E-state index contributed by atoms with van der Waals surface area (Å²) in [5.74, 6) is 4.50. The molecule has 1 unspecified atom stereocenters. The minimum absolute atomic E-state index is 0.0223. The Morgan fingerprint density at radius 1 is 1.20 bits per heavy atom. The zero-order valence-electron chi connectivity index (χ0n) is 24.6. The molecule has 44 heavy (non-hydrogen) atoms. The Morgan fingerprint density at radius 3 is 2.68 bits per heavy atom. The molecular weight excluding hydrogens is 570 g/mol. The standard InChI is InChI=1S/C21H26N8O5.C8H11NO/c22-28-13(9-25-12-30)8-23-6-7-24-10-19(32)26-16-3-1-2-14-15(16)11-29(21(14)34)17-4-5-18(31)27-20(17)33;1-6-3-4-7(9)8(5-6)10-2/h1-3,8,12,17,24H,4-7,9-11,22H2,(H,25,30)(H,26,32)(H,27,31,33);3-5H,9H2,1-2H3/b23-8?,28-13+;. The minimum Gasteiger partial charge on any atom is -0.495 e. The second-order valence-corrected chi connectivity index (χ2v) is 9.86. The number of nitrogens with two attached hydrogens (primary N) is 2. The number of aryl methyl sites for hydroxylation is 1. The van der Waals surface area contributed by atoms with E-state index in [-0.39, 0.29) is 50.2 Å². The van der Waals surface area contributed by atoms with Crippen molar-refractivity contribution in [3.63, 3.8) is 0 Å². The molecule has 1 saturated heterocycles. The van der Waals surface area contributed by atoms with E-state index in [0.717, 1.165) is 11.3 Å². The number of nitrogen functional groups attached to an aromatic ring is 1. The number of nitrogens with zero attached hydrogens (tertiary/aromatic N) is 3. The Bertz CT molecular complexity index is 1440. The summed E-state index contributed by atoms with van der Waals surface area (Å²) in [7, 11) is 1.62. The third kappa shape index (κ3) is 9.09. The van der Waals surface area contributed by atoms with Crippen LogP contribution in [0.15, 0.2) is 46.5 Å². The smallest absolute Gasteiger partial charge is 0.255 e. The number of aliphatic imine (C=N–C) groups is 1. The lowest BCUT2D eigenvalue weighted by Gasteiger charge is -2.29. The van der Waals surface area contributed by atoms with Crippen LogP contribution in [0.5, 0.6) is 5.75 Å². The fourth-order valence-electron chi connectivity index (χ4n) is 4.50. The third-order valence-electron chi connectivity index (χ3n) is 6.72. The van der Waals surface area contributed by atoms with Crippen LogP contribution in [-0.2, 0) is 25.7 Å². The number of carbonyl (C=O) groups is 5. The topological polar surface area (TPSA) is 223 Å². The number of rotatable bonds is 12. The van der Waals surface area contributed by atoms with Gasteiger partial charge in [-0.05, 0) is 43.2 Å². The third-order valence-corrected chi connectivity index (χ3v) is 6.72. The second kappa shape index (κ2) is 16.4. The van der Waals surface area contributed by atoms with E-state index in [4.69, 9.17) is 16.3 Å². The van der Waals surface area contributed by atoms with Crippen LogP contribution < -0.4 is 37.6 Å². The summed E-state index contributed by atoms with van der Waals surface area (Å²) >= 11 is 0. The molecule has 8 N–H and O–H groups in total. The first kappa shape index (κ1) is 33.2. The number of amides is 5. The van der Waals surface area contributed by atoms with Crippen molar-refractivity contribution in [3.05, 3.63) is 53.1 Å². The minimum atomic E-state index is -0.720. The number of benzene rings is 2. The maximum atomic E-state index is 12.8. The summed E-state index contributed by atoms with van der Waals surface area (Å²) in [6.07, 6.45) is 2.41. The van der Waals surface area contributed by atoms with E-state index in [9.17, 15) is 24.0 Å². The van der Waals surface area contributed by atoms with Gasteiger partial charge in [-0.25, -0.2) is 0 Å². The number of anilines is 2. The Morgan fingerprint density at radius 2 is 2.00 bits per heavy atom. The molecule has 0 spiro atoms. The molecule has 5 amide bonds. The van der Waals surface area contributed by atoms with Crippen LogP contribution in [0.4, 0.5) is 11.4 Å². The average molecular weight is 608 g/mol. The van der Waals surface area contributed by atoms with Gasteiger partial charge in [0, 0.05) is 42.5 Å². The highest BCUT2D eigenvalue weighted by atomic mass is 16.5. The van der Waals surface area contributed by atoms with Crippen LogP contribution in [0.1, 0.15) is 34.3 Å². The Hall–Kier alpha value is -5.31. The van der Waals surface area contributed by atoms with Crippen molar-refractivity contribution < 1.29 is 28.7 Å². The number of ether oxygens (including phenoxy) is 1. The molecule has 2 aliphatic heterocycles. The number of carbonyl (C=O) groups excluding carboxylic acids is 5. The van der Waals surface area contributed by atoms with Gasteiger partial charge in [0.05, 0.1) is 38.1 Å². The Labute approximate surface area is 254 Å². The number of fused-ring (bicyclic) bond motifs is 1. The van der Waals surface area contributed by atoms with E-state index >= 15 is 0 Å². The fraction of sp³-hybridized carbons (Fsp3) is 0.345. The van der Waals surface area contributed by atoms with Crippen LogP contribution in [0.25, 0.3) is 0 Å². The molecule has 15 nitrogen and oxygen atoms in total. The molecule has 1 atom stereocenters. The van der Waals surface area contributed by atoms with Crippen LogP contribution in [0.2, 0.25) is 0 Å². The van der Waals surface area contributed by atoms with E-state index in [0.29, 0.717) is 47.7 Å². The summed E-state index contributed by atoms with van der Waals surface area (Å²) in [5, 5.41) is 13.9. The molecule has 4 rings (SSSR count). The molecule has 0 bridgehead atoms. The number of hydrogen-bond acceptors (Lipinski definition) is 11. The van der Waals surface area contributed by atoms with E-state index in [1.54, 1.807) is 25.3 Å². The van der Waals surface area contributed by atoms with E-state index in [1.165, 1.54) is 11.1 Å². The zero-order valence-corrected chi connectivity index (χ0v) is 24.6. The number of hydrogen-bond donors (Lipinski definition) is 6. The summed E-state index contributed by atoms with van der Waals surface area (Å²) in [5.41, 5.74) is 9.38. The second-order valence-electron chi connectivity index (χ2n) is 9.86. The van der Waals surface area contributed by atoms with Crippen molar-refractivity contribution in [3.8, 4) is 5.75 Å². The summed E-state index contributed by atoms with van der Waals surface area (Å²) in [6.45, 7) is 3.14. The molecule has 234 valence electrons. The van der Waals surface area contributed by atoms with E-state index < -0.39 is 11.9 Å². The van der Waals surface area contributed by atoms with Gasteiger partial charge in [0.2, 0.25) is 24.1 Å². The lowest BCUT2D eigenvalue weighted by atomic mass is 10.0. The summed E-state index contributed by atoms with van der Waals surface area (Å²) in [6, 6.07) is 10.0. The van der Waals surface area contributed by atoms with Gasteiger partial charge in [-0.2, -0.15) is 5.10 Å². The fourth-order valence-corrected chi connectivity index (χ4v) is 4.50. The van der Waals surface area contributed by atoms with Gasteiger partial charge in [-0.1, -0.05) is 12.1 Å². The lowest BCUT2D eigenvalue weighted by Crippen LogP contribution is -2.52. The van der Waals surface area contributed by atoms with Gasteiger partial charge in [0.25, 0.3) is 5.91 Å². The van der Waals surface area contributed by atoms with Crippen LogP contribution in [0, 0.1) is 6.92 Å². The Balaban J connectivity index is 0.000000448. The number of imide groups is 1. The maximum absolute atomic E-state index is 12.8. The Kier molecular flexibility index (Phi) is 12.3. The number of piperidine rings is 1. The quantitative estimate of drug-likeness (QED) is 0.0354. The first-order valence-corrected chi connectivity index (χ1v) is 13.8. The molecule has 2 aliphatic rings. The molecule has 2 heterocycles. The number of hydrazone groups is 1. The normalized spacial score (nSPS) is 16.1. The van der Waals surface area contributed by atoms with Crippen LogP contribution in [-0.4, -0.2) is 86.2 Å². The summed E-state index contributed by atoms with van der Waals surface area (Å²) < 4.78 is 5.00. The van der Waals surface area contributed by atoms with Gasteiger partial charge in [0.1, 0.15) is 11.8 Å².